The molecule has 0 aromatic heterocycles. The Labute approximate surface area is 109 Å². The van der Waals surface area contributed by atoms with Crippen molar-refractivity contribution in [2.45, 2.75) is 13.0 Å². The standard InChI is InChI=1S/C12H16BrNO3/c1-2-17-12(15)8-16-7-11(14)9-3-5-10(13)6-4-9/h3-6,11H,2,7-8,14H2,1H3. The van der Waals surface area contributed by atoms with Crippen LogP contribution in [0.2, 0.25) is 0 Å². The largest absolute Gasteiger partial charge is 0.464 e. The Balaban J connectivity index is 2.32. The number of carbonyl (C=O) groups excluding carboxylic acids is 1. The fourth-order valence-corrected chi connectivity index (χ4v) is 1.54. The topological polar surface area (TPSA) is 61.5 Å². The molecule has 17 heavy (non-hydrogen) atoms. The van der Waals surface area contributed by atoms with E-state index in [1.54, 1.807) is 6.92 Å². The number of hydrogen-bond donors (Lipinski definition) is 1. The van der Waals surface area contributed by atoms with E-state index in [1.165, 1.54) is 0 Å². The molecule has 1 aromatic carbocycles. The van der Waals surface area contributed by atoms with E-state index in [-0.39, 0.29) is 18.6 Å². The Morgan fingerprint density at radius 2 is 2.06 bits per heavy atom. The molecule has 4 nitrogen and oxygen atoms in total. The van der Waals surface area contributed by atoms with Crippen molar-refractivity contribution in [3.05, 3.63) is 34.3 Å². The molecule has 0 aliphatic rings. The van der Waals surface area contributed by atoms with Gasteiger partial charge in [-0.1, -0.05) is 28.1 Å². The van der Waals surface area contributed by atoms with E-state index in [4.69, 9.17) is 15.2 Å². The van der Waals surface area contributed by atoms with Crippen molar-refractivity contribution in [2.24, 2.45) is 5.73 Å². The second-order valence-corrected chi connectivity index (χ2v) is 4.39. The molecule has 0 amide bonds. The molecule has 0 fully saturated rings. The van der Waals surface area contributed by atoms with E-state index in [0.717, 1.165) is 10.0 Å². The summed E-state index contributed by atoms with van der Waals surface area (Å²) >= 11 is 3.35. The molecule has 5 heteroatoms. The molecule has 1 atom stereocenters. The summed E-state index contributed by atoms with van der Waals surface area (Å²) in [4.78, 5) is 11.0. The zero-order valence-corrected chi connectivity index (χ0v) is 11.3. The van der Waals surface area contributed by atoms with Crippen molar-refractivity contribution >= 4 is 21.9 Å². The summed E-state index contributed by atoms with van der Waals surface area (Å²) in [5.41, 5.74) is 6.88. The second-order valence-electron chi connectivity index (χ2n) is 3.48. The maximum Gasteiger partial charge on any atom is 0.332 e. The minimum Gasteiger partial charge on any atom is -0.464 e. The monoisotopic (exact) mass is 301 g/mol. The third kappa shape index (κ3) is 5.30. The van der Waals surface area contributed by atoms with Gasteiger partial charge in [0.1, 0.15) is 6.61 Å². The third-order valence-corrected chi connectivity index (χ3v) is 2.65. The zero-order valence-electron chi connectivity index (χ0n) is 9.69. The van der Waals surface area contributed by atoms with E-state index >= 15 is 0 Å². The minimum absolute atomic E-state index is 0.0575. The van der Waals surface area contributed by atoms with Crippen LogP contribution in [0.3, 0.4) is 0 Å². The van der Waals surface area contributed by atoms with Gasteiger partial charge in [-0.25, -0.2) is 4.79 Å². The van der Waals surface area contributed by atoms with Gasteiger partial charge in [-0.15, -0.1) is 0 Å². The number of rotatable bonds is 6. The molecule has 0 saturated carbocycles. The summed E-state index contributed by atoms with van der Waals surface area (Å²) in [6.45, 7) is 2.35. The number of ether oxygens (including phenoxy) is 2. The predicted octanol–water partition coefficient (Wildman–Crippen LogP) is 2.03. The van der Waals surface area contributed by atoms with E-state index in [2.05, 4.69) is 15.9 Å². The van der Waals surface area contributed by atoms with Crippen LogP contribution in [0, 0.1) is 0 Å². The molecule has 1 rings (SSSR count). The van der Waals surface area contributed by atoms with Crippen molar-refractivity contribution in [3.8, 4) is 0 Å². The van der Waals surface area contributed by atoms with Crippen LogP contribution in [0.4, 0.5) is 0 Å². The van der Waals surface area contributed by atoms with Crippen molar-refractivity contribution < 1.29 is 14.3 Å². The number of benzene rings is 1. The summed E-state index contributed by atoms with van der Waals surface area (Å²) in [5.74, 6) is -0.365. The van der Waals surface area contributed by atoms with Gasteiger partial charge < -0.3 is 15.2 Å². The highest BCUT2D eigenvalue weighted by Crippen LogP contribution is 2.15. The molecule has 94 valence electrons. The number of halogens is 1. The lowest BCUT2D eigenvalue weighted by Gasteiger charge is -2.12. The highest BCUT2D eigenvalue weighted by molar-refractivity contribution is 9.10. The fraction of sp³-hybridized carbons (Fsp3) is 0.417. The van der Waals surface area contributed by atoms with Crippen molar-refractivity contribution in [1.29, 1.82) is 0 Å². The molecular formula is C12H16BrNO3. The van der Waals surface area contributed by atoms with Gasteiger partial charge in [0.05, 0.1) is 19.3 Å². The van der Waals surface area contributed by atoms with Crippen molar-refractivity contribution in [2.75, 3.05) is 19.8 Å². The summed E-state index contributed by atoms with van der Waals surface area (Å²) in [6.07, 6.45) is 0. The lowest BCUT2D eigenvalue weighted by molar-refractivity contribution is -0.148. The Morgan fingerprint density at radius 1 is 1.41 bits per heavy atom. The Hall–Kier alpha value is -0.910. The van der Waals surface area contributed by atoms with Gasteiger partial charge in [0, 0.05) is 4.47 Å². The van der Waals surface area contributed by atoms with Gasteiger partial charge in [0.15, 0.2) is 0 Å². The Bertz CT molecular complexity index is 353. The first-order valence-electron chi connectivity index (χ1n) is 5.38. The average Bonchev–Trinajstić information content (AvgIpc) is 2.30. The Morgan fingerprint density at radius 3 is 2.65 bits per heavy atom. The van der Waals surface area contributed by atoms with Crippen LogP contribution in [0.1, 0.15) is 18.5 Å². The first-order chi connectivity index (χ1) is 8.13. The highest BCUT2D eigenvalue weighted by atomic mass is 79.9. The predicted molar refractivity (Wildman–Crippen MR) is 68.5 cm³/mol. The van der Waals surface area contributed by atoms with E-state index in [0.29, 0.717) is 13.2 Å². The fourth-order valence-electron chi connectivity index (χ4n) is 1.28. The van der Waals surface area contributed by atoms with Gasteiger partial charge in [-0.2, -0.15) is 0 Å². The number of esters is 1. The summed E-state index contributed by atoms with van der Waals surface area (Å²) < 4.78 is 10.9. The lowest BCUT2D eigenvalue weighted by Crippen LogP contribution is -2.20. The lowest BCUT2D eigenvalue weighted by atomic mass is 10.1. The number of hydrogen-bond acceptors (Lipinski definition) is 4. The van der Waals surface area contributed by atoms with Gasteiger partial charge in [-0.05, 0) is 24.6 Å². The van der Waals surface area contributed by atoms with Crippen LogP contribution in [0.25, 0.3) is 0 Å². The first kappa shape index (κ1) is 14.2. The van der Waals surface area contributed by atoms with Crippen LogP contribution in [-0.2, 0) is 14.3 Å². The minimum atomic E-state index is -0.365. The highest BCUT2D eigenvalue weighted by Gasteiger charge is 2.08. The normalized spacial score (nSPS) is 12.2. The first-order valence-corrected chi connectivity index (χ1v) is 6.17. The average molecular weight is 302 g/mol. The molecule has 0 spiro atoms. The quantitative estimate of drug-likeness (QED) is 0.817. The second kappa shape index (κ2) is 7.42. The molecule has 0 heterocycles. The van der Waals surface area contributed by atoms with E-state index < -0.39 is 0 Å². The molecule has 0 radical (unpaired) electrons. The molecule has 2 N–H and O–H groups in total. The number of nitrogens with two attached hydrogens (primary N) is 1. The van der Waals surface area contributed by atoms with Gasteiger partial charge >= 0.3 is 5.97 Å². The summed E-state index contributed by atoms with van der Waals surface area (Å²) in [7, 11) is 0. The molecule has 0 saturated heterocycles. The zero-order chi connectivity index (χ0) is 12.7. The van der Waals surface area contributed by atoms with E-state index in [1.807, 2.05) is 24.3 Å². The molecule has 0 aliphatic carbocycles. The molecule has 1 unspecified atom stereocenters. The molecular weight excluding hydrogens is 286 g/mol. The van der Waals surface area contributed by atoms with Crippen LogP contribution in [0.15, 0.2) is 28.7 Å². The van der Waals surface area contributed by atoms with Crippen molar-refractivity contribution in [3.63, 3.8) is 0 Å². The molecule has 0 aliphatic heterocycles. The molecule has 0 bridgehead atoms. The molecule has 1 aromatic rings. The smallest absolute Gasteiger partial charge is 0.332 e. The van der Waals surface area contributed by atoms with Crippen LogP contribution in [0.5, 0.6) is 0 Å². The van der Waals surface area contributed by atoms with Crippen molar-refractivity contribution in [1.82, 2.24) is 0 Å². The maximum absolute atomic E-state index is 11.0. The maximum atomic E-state index is 11.0. The van der Waals surface area contributed by atoms with Gasteiger partial charge in [0.25, 0.3) is 0 Å². The van der Waals surface area contributed by atoms with Crippen LogP contribution >= 0.6 is 15.9 Å². The summed E-state index contributed by atoms with van der Waals surface area (Å²) in [5, 5.41) is 0. The Kier molecular flexibility index (Phi) is 6.18. The SMILES string of the molecule is CCOC(=O)COCC(N)c1ccc(Br)cc1. The van der Waals surface area contributed by atoms with Crippen LogP contribution < -0.4 is 5.73 Å². The van der Waals surface area contributed by atoms with Crippen LogP contribution in [-0.4, -0.2) is 25.8 Å². The van der Waals surface area contributed by atoms with E-state index in [9.17, 15) is 4.79 Å². The summed E-state index contributed by atoms with van der Waals surface area (Å²) in [6, 6.07) is 7.43. The van der Waals surface area contributed by atoms with Gasteiger partial charge in [0.2, 0.25) is 0 Å². The third-order valence-electron chi connectivity index (χ3n) is 2.12. The number of carbonyl (C=O) groups is 1. The van der Waals surface area contributed by atoms with Gasteiger partial charge in [-0.3, -0.25) is 0 Å².